The molecule has 1 aliphatic heterocycles. The standard InChI is InChI=1S/C16H22N4O2S2/c1-3-19(14-8-9-24(21,22)10-14)11-20-16(23)17-15(18-20)13-6-4-12(2)5-7-13/h4-7,14H,3,8-11H2,1-2H3,(H,17,18,23)/t14-/m1/s1. The lowest BCUT2D eigenvalue weighted by Gasteiger charge is -2.26. The SMILES string of the molecule is CCN(Cn1[nH]c(-c2ccc(C)cc2)nc1=S)[C@@H]1CCS(=O)(=O)C1. The quantitative estimate of drug-likeness (QED) is 0.823. The maximum Gasteiger partial charge on any atom is 0.217 e. The summed E-state index contributed by atoms with van der Waals surface area (Å²) in [5.41, 5.74) is 2.17. The molecule has 1 aromatic heterocycles. The number of hydrogen-bond donors (Lipinski definition) is 1. The topological polar surface area (TPSA) is 71.0 Å². The van der Waals surface area contributed by atoms with Gasteiger partial charge in [0.1, 0.15) is 0 Å². The molecule has 1 atom stereocenters. The van der Waals surface area contributed by atoms with Crippen molar-refractivity contribution in [1.82, 2.24) is 19.7 Å². The lowest BCUT2D eigenvalue weighted by molar-refractivity contribution is 0.164. The van der Waals surface area contributed by atoms with Crippen LogP contribution in [0.4, 0.5) is 0 Å². The molecule has 0 spiro atoms. The van der Waals surface area contributed by atoms with Crippen molar-refractivity contribution >= 4 is 22.1 Å². The summed E-state index contributed by atoms with van der Waals surface area (Å²) in [5.74, 6) is 1.24. The van der Waals surface area contributed by atoms with Crippen LogP contribution in [-0.2, 0) is 16.5 Å². The summed E-state index contributed by atoms with van der Waals surface area (Å²) < 4.78 is 25.7. The zero-order valence-electron chi connectivity index (χ0n) is 13.9. The van der Waals surface area contributed by atoms with Crippen LogP contribution in [0.15, 0.2) is 24.3 Å². The van der Waals surface area contributed by atoms with Crippen molar-refractivity contribution in [3.8, 4) is 11.4 Å². The molecule has 2 aromatic rings. The zero-order chi connectivity index (χ0) is 17.3. The molecule has 3 rings (SSSR count). The first-order chi connectivity index (χ1) is 11.4. The molecule has 1 aromatic carbocycles. The van der Waals surface area contributed by atoms with E-state index >= 15 is 0 Å². The molecule has 1 saturated heterocycles. The fourth-order valence-electron chi connectivity index (χ4n) is 3.01. The highest BCUT2D eigenvalue weighted by atomic mass is 32.2. The van der Waals surface area contributed by atoms with Crippen LogP contribution in [0.5, 0.6) is 0 Å². The van der Waals surface area contributed by atoms with E-state index in [9.17, 15) is 8.42 Å². The number of sulfone groups is 1. The molecule has 0 saturated carbocycles. The number of nitrogens with one attached hydrogen (secondary N) is 1. The number of aryl methyl sites for hydroxylation is 1. The molecule has 0 aliphatic carbocycles. The maximum atomic E-state index is 11.7. The summed E-state index contributed by atoms with van der Waals surface area (Å²) in [4.78, 5) is 6.57. The Balaban J connectivity index is 1.80. The summed E-state index contributed by atoms with van der Waals surface area (Å²) in [7, 11) is -2.90. The van der Waals surface area contributed by atoms with Crippen LogP contribution in [0.3, 0.4) is 0 Å². The number of nitrogens with zero attached hydrogens (tertiary/aromatic N) is 3. The molecule has 8 heteroatoms. The third kappa shape index (κ3) is 3.76. The van der Waals surface area contributed by atoms with Gasteiger partial charge in [0.2, 0.25) is 4.77 Å². The van der Waals surface area contributed by atoms with Crippen molar-refractivity contribution in [3.63, 3.8) is 0 Å². The van der Waals surface area contributed by atoms with Gasteiger partial charge in [0, 0.05) is 11.6 Å². The van der Waals surface area contributed by atoms with Crippen LogP contribution in [0, 0.1) is 11.7 Å². The third-order valence-electron chi connectivity index (χ3n) is 4.46. The number of H-pyrrole nitrogens is 1. The van der Waals surface area contributed by atoms with Crippen molar-refractivity contribution in [2.75, 3.05) is 18.1 Å². The molecule has 0 amide bonds. The Morgan fingerprint density at radius 3 is 2.67 bits per heavy atom. The molecule has 6 nitrogen and oxygen atoms in total. The third-order valence-corrected chi connectivity index (χ3v) is 6.52. The second-order valence-corrected chi connectivity index (χ2v) is 8.85. The van der Waals surface area contributed by atoms with E-state index in [0.29, 0.717) is 17.9 Å². The fourth-order valence-corrected chi connectivity index (χ4v) is 4.97. The number of aromatic amines is 1. The van der Waals surface area contributed by atoms with E-state index in [2.05, 4.69) is 15.0 Å². The minimum absolute atomic E-state index is 0.0491. The van der Waals surface area contributed by atoms with E-state index in [-0.39, 0.29) is 17.5 Å². The molecule has 0 bridgehead atoms. The van der Waals surface area contributed by atoms with Gasteiger partial charge in [-0.25, -0.2) is 13.1 Å². The largest absolute Gasteiger partial charge is 0.281 e. The Bertz CT molecular complexity index is 868. The van der Waals surface area contributed by atoms with Crippen molar-refractivity contribution in [3.05, 3.63) is 34.6 Å². The Labute approximate surface area is 147 Å². The molecule has 2 heterocycles. The van der Waals surface area contributed by atoms with Crippen LogP contribution in [0.2, 0.25) is 0 Å². The van der Waals surface area contributed by atoms with Gasteiger partial charge in [-0.2, -0.15) is 4.98 Å². The highest BCUT2D eigenvalue weighted by molar-refractivity contribution is 7.91. The van der Waals surface area contributed by atoms with Gasteiger partial charge >= 0.3 is 0 Å². The molecule has 1 aliphatic rings. The Hall–Kier alpha value is -1.51. The average molecular weight is 367 g/mol. The van der Waals surface area contributed by atoms with Crippen molar-refractivity contribution in [2.24, 2.45) is 0 Å². The molecule has 130 valence electrons. The molecular formula is C16H22N4O2S2. The number of aromatic nitrogens is 3. The zero-order valence-corrected chi connectivity index (χ0v) is 15.5. The molecule has 1 N–H and O–H groups in total. The van der Waals surface area contributed by atoms with Gasteiger partial charge < -0.3 is 0 Å². The monoisotopic (exact) mass is 366 g/mol. The van der Waals surface area contributed by atoms with Gasteiger partial charge in [-0.3, -0.25) is 10.00 Å². The normalized spacial score (nSPS) is 19.9. The minimum atomic E-state index is -2.90. The Kier molecular flexibility index (Phi) is 4.89. The van der Waals surface area contributed by atoms with Crippen LogP contribution in [-0.4, -0.2) is 52.2 Å². The van der Waals surface area contributed by atoms with E-state index in [1.807, 2.05) is 38.1 Å². The molecule has 24 heavy (non-hydrogen) atoms. The van der Waals surface area contributed by atoms with E-state index in [1.54, 1.807) is 4.68 Å². The fraction of sp³-hybridized carbons (Fsp3) is 0.500. The van der Waals surface area contributed by atoms with Crippen LogP contribution in [0.25, 0.3) is 11.4 Å². The summed E-state index contributed by atoms with van der Waals surface area (Å²) in [6.07, 6.45) is 0.683. The smallest absolute Gasteiger partial charge is 0.217 e. The van der Waals surface area contributed by atoms with E-state index in [1.165, 1.54) is 5.56 Å². The number of hydrogen-bond acceptors (Lipinski definition) is 5. The summed E-state index contributed by atoms with van der Waals surface area (Å²) in [5, 5.41) is 3.24. The van der Waals surface area contributed by atoms with Gasteiger partial charge in [0.15, 0.2) is 15.7 Å². The summed E-state index contributed by atoms with van der Waals surface area (Å²) >= 11 is 5.36. The van der Waals surface area contributed by atoms with Crippen LogP contribution in [0.1, 0.15) is 18.9 Å². The van der Waals surface area contributed by atoms with E-state index in [4.69, 9.17) is 12.2 Å². The Morgan fingerprint density at radius 1 is 1.38 bits per heavy atom. The van der Waals surface area contributed by atoms with Gasteiger partial charge in [-0.1, -0.05) is 36.8 Å². The molecular weight excluding hydrogens is 344 g/mol. The summed E-state index contributed by atoms with van der Waals surface area (Å²) in [6, 6.07) is 8.14. The predicted octanol–water partition coefficient (Wildman–Crippen LogP) is 2.38. The van der Waals surface area contributed by atoms with Crippen LogP contribution < -0.4 is 0 Å². The van der Waals surface area contributed by atoms with Gasteiger partial charge in [0.25, 0.3) is 0 Å². The summed E-state index contributed by atoms with van der Waals surface area (Å²) in [6.45, 7) is 5.36. The second-order valence-electron chi connectivity index (χ2n) is 6.25. The number of benzene rings is 1. The molecule has 0 radical (unpaired) electrons. The Morgan fingerprint density at radius 2 is 2.08 bits per heavy atom. The van der Waals surface area contributed by atoms with Crippen molar-refractivity contribution in [2.45, 2.75) is 33.0 Å². The van der Waals surface area contributed by atoms with E-state index < -0.39 is 9.84 Å². The van der Waals surface area contributed by atoms with Gasteiger partial charge in [0.05, 0.1) is 18.2 Å². The number of rotatable bonds is 5. The van der Waals surface area contributed by atoms with Gasteiger partial charge in [-0.15, -0.1) is 0 Å². The van der Waals surface area contributed by atoms with Crippen molar-refractivity contribution < 1.29 is 8.42 Å². The first-order valence-electron chi connectivity index (χ1n) is 8.06. The predicted molar refractivity (Wildman–Crippen MR) is 97.0 cm³/mol. The van der Waals surface area contributed by atoms with Gasteiger partial charge in [-0.05, 0) is 32.1 Å². The minimum Gasteiger partial charge on any atom is -0.281 e. The lowest BCUT2D eigenvalue weighted by Crippen LogP contribution is -2.37. The highest BCUT2D eigenvalue weighted by Gasteiger charge is 2.31. The highest BCUT2D eigenvalue weighted by Crippen LogP contribution is 2.19. The maximum absolute atomic E-state index is 11.7. The first kappa shape index (κ1) is 17.3. The van der Waals surface area contributed by atoms with Crippen molar-refractivity contribution in [1.29, 1.82) is 0 Å². The molecule has 0 unspecified atom stereocenters. The average Bonchev–Trinajstić information content (AvgIpc) is 3.08. The van der Waals surface area contributed by atoms with E-state index in [0.717, 1.165) is 17.9 Å². The van der Waals surface area contributed by atoms with Crippen LogP contribution >= 0.6 is 12.2 Å². The first-order valence-corrected chi connectivity index (χ1v) is 10.3. The molecule has 1 fully saturated rings. The lowest BCUT2D eigenvalue weighted by atomic mass is 10.1. The second kappa shape index (κ2) is 6.78.